The molecule has 1 heterocycles. The highest BCUT2D eigenvalue weighted by Crippen LogP contribution is 2.21. The molecule has 0 saturated carbocycles. The molecule has 4 aromatic rings. The van der Waals surface area contributed by atoms with Crippen molar-refractivity contribution >= 4 is 23.5 Å². The predicted molar refractivity (Wildman–Crippen MR) is 122 cm³/mol. The minimum Gasteiger partial charge on any atom is -0.497 e. The SMILES string of the molecule is COc1ccc(C(=O)n2nc(-c3ccc(C)cc3)nc2NCc2ccc(Cl)cc2)cc1. The molecule has 1 aromatic heterocycles. The number of nitrogens with zero attached hydrogens (tertiary/aromatic N) is 3. The monoisotopic (exact) mass is 432 g/mol. The molecule has 31 heavy (non-hydrogen) atoms. The van der Waals surface area contributed by atoms with Crippen molar-refractivity contribution in [2.45, 2.75) is 13.5 Å². The Kier molecular flexibility index (Phi) is 6.00. The van der Waals surface area contributed by atoms with Crippen LogP contribution in [0.2, 0.25) is 5.02 Å². The molecule has 0 aliphatic rings. The number of halogens is 1. The van der Waals surface area contributed by atoms with Gasteiger partial charge < -0.3 is 10.1 Å². The Morgan fingerprint density at radius 2 is 1.68 bits per heavy atom. The van der Waals surface area contributed by atoms with Gasteiger partial charge >= 0.3 is 0 Å². The van der Waals surface area contributed by atoms with E-state index >= 15 is 0 Å². The van der Waals surface area contributed by atoms with Crippen LogP contribution in [-0.4, -0.2) is 27.8 Å². The van der Waals surface area contributed by atoms with E-state index in [-0.39, 0.29) is 5.91 Å². The van der Waals surface area contributed by atoms with Crippen LogP contribution in [0.25, 0.3) is 11.4 Å². The first-order chi connectivity index (χ1) is 15.0. The molecule has 7 heteroatoms. The van der Waals surface area contributed by atoms with E-state index in [9.17, 15) is 4.79 Å². The molecular formula is C24H21ClN4O2. The van der Waals surface area contributed by atoms with Gasteiger partial charge in [-0.1, -0.05) is 53.6 Å². The van der Waals surface area contributed by atoms with Gasteiger partial charge in [0.2, 0.25) is 5.95 Å². The molecule has 0 saturated heterocycles. The van der Waals surface area contributed by atoms with Crippen molar-refractivity contribution in [3.05, 3.63) is 94.5 Å². The van der Waals surface area contributed by atoms with E-state index in [0.29, 0.717) is 34.7 Å². The summed E-state index contributed by atoms with van der Waals surface area (Å²) >= 11 is 5.97. The number of hydrogen-bond acceptors (Lipinski definition) is 5. The maximum atomic E-state index is 13.2. The number of methoxy groups -OCH3 is 1. The minimum atomic E-state index is -0.285. The van der Waals surface area contributed by atoms with Gasteiger partial charge in [-0.25, -0.2) is 0 Å². The molecule has 0 aliphatic heterocycles. The van der Waals surface area contributed by atoms with Crippen molar-refractivity contribution in [3.63, 3.8) is 0 Å². The Bertz CT molecular complexity index is 1180. The first kappa shape index (κ1) is 20.6. The molecular weight excluding hydrogens is 412 g/mol. The summed E-state index contributed by atoms with van der Waals surface area (Å²) in [4.78, 5) is 17.8. The zero-order chi connectivity index (χ0) is 21.8. The number of benzene rings is 3. The first-order valence-corrected chi connectivity index (χ1v) is 10.1. The molecule has 0 unspecified atom stereocenters. The fraction of sp³-hybridized carbons (Fsp3) is 0.125. The van der Waals surface area contributed by atoms with E-state index in [0.717, 1.165) is 16.7 Å². The van der Waals surface area contributed by atoms with Crippen LogP contribution in [0, 0.1) is 6.92 Å². The van der Waals surface area contributed by atoms with E-state index < -0.39 is 0 Å². The zero-order valence-corrected chi connectivity index (χ0v) is 17.9. The van der Waals surface area contributed by atoms with E-state index in [1.165, 1.54) is 4.68 Å². The summed E-state index contributed by atoms with van der Waals surface area (Å²) in [6.07, 6.45) is 0. The molecule has 0 bridgehead atoms. The van der Waals surface area contributed by atoms with E-state index in [2.05, 4.69) is 15.4 Å². The second-order valence-corrected chi connectivity index (χ2v) is 7.49. The van der Waals surface area contributed by atoms with Crippen LogP contribution in [-0.2, 0) is 6.54 Å². The molecule has 156 valence electrons. The van der Waals surface area contributed by atoms with Crippen LogP contribution < -0.4 is 10.1 Å². The highest BCUT2D eigenvalue weighted by molar-refractivity contribution is 6.30. The smallest absolute Gasteiger partial charge is 0.281 e. The van der Waals surface area contributed by atoms with Crippen LogP contribution in [0.4, 0.5) is 5.95 Å². The number of rotatable bonds is 6. The number of carbonyl (C=O) groups is 1. The maximum Gasteiger partial charge on any atom is 0.281 e. The molecule has 4 rings (SSSR count). The topological polar surface area (TPSA) is 69.0 Å². The average Bonchev–Trinajstić information content (AvgIpc) is 3.23. The van der Waals surface area contributed by atoms with Gasteiger partial charge in [-0.3, -0.25) is 4.79 Å². The van der Waals surface area contributed by atoms with Crippen molar-refractivity contribution in [1.29, 1.82) is 0 Å². The van der Waals surface area contributed by atoms with Crippen LogP contribution in [0.3, 0.4) is 0 Å². The Hall–Kier alpha value is -3.64. The van der Waals surface area contributed by atoms with Gasteiger partial charge in [0.25, 0.3) is 5.91 Å². The standard InChI is InChI=1S/C24H21ClN4O2/c1-16-3-7-18(8-4-16)22-27-24(26-15-17-5-11-20(25)12-6-17)29(28-22)23(30)19-9-13-21(31-2)14-10-19/h3-14H,15H2,1-2H3,(H,26,27,28). The third-order valence-electron chi connectivity index (χ3n) is 4.81. The fourth-order valence-corrected chi connectivity index (χ4v) is 3.16. The number of aromatic nitrogens is 3. The maximum absolute atomic E-state index is 13.2. The molecule has 6 nitrogen and oxygen atoms in total. The average molecular weight is 433 g/mol. The molecule has 0 aliphatic carbocycles. The number of nitrogens with one attached hydrogen (secondary N) is 1. The normalized spacial score (nSPS) is 10.7. The summed E-state index contributed by atoms with van der Waals surface area (Å²) in [7, 11) is 1.58. The lowest BCUT2D eigenvalue weighted by Gasteiger charge is -2.08. The molecule has 0 fully saturated rings. The Balaban J connectivity index is 1.67. The van der Waals surface area contributed by atoms with Crippen molar-refractivity contribution in [2.24, 2.45) is 0 Å². The summed E-state index contributed by atoms with van der Waals surface area (Å²) in [5, 5.41) is 8.39. The number of anilines is 1. The largest absolute Gasteiger partial charge is 0.497 e. The lowest BCUT2D eigenvalue weighted by molar-refractivity contribution is 0.0947. The quantitative estimate of drug-likeness (QED) is 0.452. The Morgan fingerprint density at radius 3 is 2.32 bits per heavy atom. The number of carbonyl (C=O) groups excluding carboxylic acids is 1. The molecule has 0 amide bonds. The van der Waals surface area contributed by atoms with Gasteiger partial charge in [-0.15, -0.1) is 5.10 Å². The van der Waals surface area contributed by atoms with Crippen LogP contribution in [0.1, 0.15) is 21.5 Å². The van der Waals surface area contributed by atoms with E-state index in [1.54, 1.807) is 31.4 Å². The lowest BCUT2D eigenvalue weighted by atomic mass is 10.1. The number of aryl methyl sites for hydroxylation is 1. The summed E-state index contributed by atoms with van der Waals surface area (Å²) in [6, 6.07) is 22.2. The van der Waals surface area contributed by atoms with Gasteiger partial charge in [0, 0.05) is 22.7 Å². The Morgan fingerprint density at radius 1 is 1.00 bits per heavy atom. The van der Waals surface area contributed by atoms with Gasteiger partial charge in [0.05, 0.1) is 7.11 Å². The third kappa shape index (κ3) is 4.75. The Labute approximate surface area is 185 Å². The van der Waals surface area contributed by atoms with E-state index in [4.69, 9.17) is 16.3 Å². The number of ether oxygens (including phenoxy) is 1. The van der Waals surface area contributed by atoms with Crippen LogP contribution >= 0.6 is 11.6 Å². The zero-order valence-electron chi connectivity index (χ0n) is 17.2. The van der Waals surface area contributed by atoms with Crippen LogP contribution in [0.5, 0.6) is 5.75 Å². The van der Waals surface area contributed by atoms with Gasteiger partial charge in [0.1, 0.15) is 5.75 Å². The highest BCUT2D eigenvalue weighted by Gasteiger charge is 2.19. The van der Waals surface area contributed by atoms with Crippen LogP contribution in [0.15, 0.2) is 72.8 Å². The molecule has 3 aromatic carbocycles. The van der Waals surface area contributed by atoms with Crippen molar-refractivity contribution in [3.8, 4) is 17.1 Å². The predicted octanol–water partition coefficient (Wildman–Crippen LogP) is 5.22. The van der Waals surface area contributed by atoms with Gasteiger partial charge in [-0.2, -0.15) is 9.67 Å². The van der Waals surface area contributed by atoms with Gasteiger partial charge in [-0.05, 0) is 48.9 Å². The highest BCUT2D eigenvalue weighted by atomic mass is 35.5. The van der Waals surface area contributed by atoms with Gasteiger partial charge in [0.15, 0.2) is 5.82 Å². The minimum absolute atomic E-state index is 0.285. The first-order valence-electron chi connectivity index (χ1n) is 9.74. The van der Waals surface area contributed by atoms with Crippen molar-refractivity contribution in [2.75, 3.05) is 12.4 Å². The number of hydrogen-bond donors (Lipinski definition) is 1. The molecule has 1 N–H and O–H groups in total. The van der Waals surface area contributed by atoms with E-state index in [1.807, 2.05) is 55.5 Å². The summed E-state index contributed by atoms with van der Waals surface area (Å²) in [6.45, 7) is 2.49. The second-order valence-electron chi connectivity index (χ2n) is 7.05. The fourth-order valence-electron chi connectivity index (χ4n) is 3.03. The summed E-state index contributed by atoms with van der Waals surface area (Å²) in [5.41, 5.74) is 3.46. The molecule has 0 spiro atoms. The summed E-state index contributed by atoms with van der Waals surface area (Å²) in [5.74, 6) is 1.23. The van der Waals surface area contributed by atoms with Crippen molar-refractivity contribution < 1.29 is 9.53 Å². The molecule has 0 radical (unpaired) electrons. The lowest BCUT2D eigenvalue weighted by Crippen LogP contribution is -2.17. The second kappa shape index (κ2) is 9.02. The van der Waals surface area contributed by atoms with Crippen molar-refractivity contribution in [1.82, 2.24) is 14.8 Å². The molecule has 0 atom stereocenters. The summed E-state index contributed by atoms with van der Waals surface area (Å²) < 4.78 is 6.48. The third-order valence-corrected chi connectivity index (χ3v) is 5.06.